The van der Waals surface area contributed by atoms with Gasteiger partial charge in [-0.25, -0.2) is 15.0 Å². The average molecular weight is 807 g/mol. The monoisotopic (exact) mass is 806 g/mol. The highest BCUT2D eigenvalue weighted by molar-refractivity contribution is 5.84. The van der Waals surface area contributed by atoms with Crippen LogP contribution in [0.3, 0.4) is 0 Å². The molecule has 0 unspecified atom stereocenters. The van der Waals surface area contributed by atoms with Crippen LogP contribution in [0, 0.1) is 0 Å². The molecule has 0 N–H and O–H groups in total. The van der Waals surface area contributed by atoms with Crippen molar-refractivity contribution >= 4 is 6.21 Å². The quantitative estimate of drug-likeness (QED) is 0.122. The summed E-state index contributed by atoms with van der Waals surface area (Å²) in [6.45, 7) is 0.662. The fourth-order valence-electron chi connectivity index (χ4n) is 7.90. The van der Waals surface area contributed by atoms with Crippen molar-refractivity contribution in [1.29, 1.82) is 0 Å². The van der Waals surface area contributed by atoms with E-state index in [0.29, 0.717) is 24.0 Å². The summed E-state index contributed by atoms with van der Waals surface area (Å²) in [6, 6.07) is 82.7. The second-order valence-electron chi connectivity index (χ2n) is 15.5. The van der Waals surface area contributed by atoms with Crippen LogP contribution in [0.25, 0.3) is 89.8 Å². The van der Waals surface area contributed by atoms with Gasteiger partial charge in [0, 0.05) is 22.9 Å². The van der Waals surface area contributed by atoms with Gasteiger partial charge < -0.3 is 0 Å². The number of nitrogens with zero attached hydrogens (tertiary/aromatic N) is 4. The molecule has 0 spiro atoms. The molecule has 1 heterocycles. The molecule has 0 aliphatic rings. The third kappa shape index (κ3) is 9.07. The normalized spacial score (nSPS) is 11.2. The zero-order valence-electron chi connectivity index (χ0n) is 34.6. The Morgan fingerprint density at radius 1 is 0.270 bits per heavy atom. The highest BCUT2D eigenvalue weighted by atomic mass is 15.0. The largest absolute Gasteiger partial charge is 0.288 e. The molecule has 0 radical (unpaired) electrons. The topological polar surface area (TPSA) is 51.0 Å². The van der Waals surface area contributed by atoms with Crippen LogP contribution in [0.5, 0.6) is 0 Å². The minimum atomic E-state index is 0.627. The first kappa shape index (κ1) is 38.8. The molecule has 4 heteroatoms. The van der Waals surface area contributed by atoms with Crippen molar-refractivity contribution < 1.29 is 0 Å². The fraction of sp³-hybridized carbons (Fsp3) is 0.0169. The molecule has 0 bridgehead atoms. The zero-order valence-corrected chi connectivity index (χ0v) is 34.6. The van der Waals surface area contributed by atoms with Gasteiger partial charge in [0.1, 0.15) is 0 Å². The molecule has 0 aliphatic carbocycles. The Balaban J connectivity index is 0.923. The van der Waals surface area contributed by atoms with Crippen molar-refractivity contribution in [3.05, 3.63) is 248 Å². The van der Waals surface area contributed by atoms with Crippen LogP contribution in [-0.2, 0) is 6.54 Å². The second-order valence-corrected chi connectivity index (χ2v) is 15.5. The third-order valence-electron chi connectivity index (χ3n) is 11.2. The first-order chi connectivity index (χ1) is 31.2. The van der Waals surface area contributed by atoms with Crippen LogP contribution in [0.4, 0.5) is 0 Å². The van der Waals surface area contributed by atoms with Gasteiger partial charge in [0.15, 0.2) is 17.5 Å². The molecule has 0 aliphatic heterocycles. The lowest BCUT2D eigenvalue weighted by molar-refractivity contribution is 1.07. The van der Waals surface area contributed by atoms with Crippen LogP contribution in [-0.4, -0.2) is 21.2 Å². The van der Waals surface area contributed by atoms with Crippen molar-refractivity contribution in [1.82, 2.24) is 15.0 Å². The third-order valence-corrected chi connectivity index (χ3v) is 11.2. The Bertz CT molecular complexity index is 3180. The van der Waals surface area contributed by atoms with Gasteiger partial charge in [-0.2, -0.15) is 0 Å². The Morgan fingerprint density at radius 3 is 1.08 bits per heavy atom. The molecular formula is C59H42N4. The van der Waals surface area contributed by atoms with E-state index in [9.17, 15) is 0 Å². The van der Waals surface area contributed by atoms with Gasteiger partial charge in [-0.15, -0.1) is 0 Å². The number of aromatic nitrogens is 3. The second kappa shape index (κ2) is 18.1. The maximum Gasteiger partial charge on any atom is 0.164 e. The van der Waals surface area contributed by atoms with Gasteiger partial charge in [0.05, 0.1) is 6.54 Å². The van der Waals surface area contributed by atoms with Gasteiger partial charge in [-0.3, -0.25) is 4.99 Å². The Labute approximate surface area is 368 Å². The molecule has 0 saturated heterocycles. The van der Waals surface area contributed by atoms with Crippen molar-refractivity contribution in [3.8, 4) is 89.8 Å². The van der Waals surface area contributed by atoms with E-state index >= 15 is 0 Å². The molecular weight excluding hydrogens is 765 g/mol. The molecule has 10 rings (SSSR count). The first-order valence-corrected chi connectivity index (χ1v) is 21.2. The highest BCUT2D eigenvalue weighted by Gasteiger charge is 2.14. The van der Waals surface area contributed by atoms with Gasteiger partial charge in [0.2, 0.25) is 0 Å². The summed E-state index contributed by atoms with van der Waals surface area (Å²) in [4.78, 5) is 19.8. The molecule has 0 saturated carbocycles. The molecule has 0 amide bonds. The summed E-state index contributed by atoms with van der Waals surface area (Å²) in [6.07, 6.45) is 1.96. The summed E-state index contributed by atoms with van der Waals surface area (Å²) in [5.41, 5.74) is 16.5. The predicted molar refractivity (Wildman–Crippen MR) is 261 cm³/mol. The minimum Gasteiger partial charge on any atom is -0.288 e. The molecule has 9 aromatic carbocycles. The smallest absolute Gasteiger partial charge is 0.164 e. The maximum atomic E-state index is 5.06. The van der Waals surface area contributed by atoms with Crippen LogP contribution in [0.2, 0.25) is 0 Å². The van der Waals surface area contributed by atoms with E-state index in [2.05, 4.69) is 194 Å². The van der Waals surface area contributed by atoms with Gasteiger partial charge in [-0.1, -0.05) is 206 Å². The molecule has 10 aromatic rings. The van der Waals surface area contributed by atoms with Crippen LogP contribution in [0.15, 0.2) is 242 Å². The summed E-state index contributed by atoms with van der Waals surface area (Å²) >= 11 is 0. The zero-order chi connectivity index (χ0) is 42.2. The van der Waals surface area contributed by atoms with Gasteiger partial charge in [0.25, 0.3) is 0 Å². The van der Waals surface area contributed by atoms with E-state index in [0.717, 1.165) is 61.2 Å². The van der Waals surface area contributed by atoms with E-state index in [1.165, 1.54) is 22.3 Å². The summed E-state index contributed by atoms with van der Waals surface area (Å²) in [5.74, 6) is 1.90. The Hall–Kier alpha value is -8.34. The van der Waals surface area contributed by atoms with E-state index in [-0.39, 0.29) is 0 Å². The number of rotatable bonds is 11. The standard InChI is InChI=1S/C59H42N4/c1-4-15-42(16-5-1)40-60-41-43-17-10-22-48(35-43)49-23-11-24-50(36-49)51-25-12-26-52(37-51)53-27-13-28-54(38-53)55-29-14-30-56(39-55)59-62-57(46-20-8-3-9-21-46)61-58(63-59)47-33-31-45(32-34-47)44-18-6-2-7-19-44/h1-39,41H,40H2. The van der Waals surface area contributed by atoms with E-state index < -0.39 is 0 Å². The van der Waals surface area contributed by atoms with Crippen LogP contribution >= 0.6 is 0 Å². The molecule has 63 heavy (non-hydrogen) atoms. The minimum absolute atomic E-state index is 0.627. The lowest BCUT2D eigenvalue weighted by atomic mass is 9.94. The van der Waals surface area contributed by atoms with E-state index in [1.807, 2.05) is 48.7 Å². The average Bonchev–Trinajstić information content (AvgIpc) is 3.37. The van der Waals surface area contributed by atoms with Crippen molar-refractivity contribution in [2.24, 2.45) is 4.99 Å². The predicted octanol–water partition coefficient (Wildman–Crippen LogP) is 14.8. The number of hydrogen-bond acceptors (Lipinski definition) is 4. The van der Waals surface area contributed by atoms with Crippen molar-refractivity contribution in [3.63, 3.8) is 0 Å². The molecule has 0 fully saturated rings. The van der Waals surface area contributed by atoms with Crippen LogP contribution in [0.1, 0.15) is 11.1 Å². The van der Waals surface area contributed by atoms with Crippen molar-refractivity contribution in [2.45, 2.75) is 6.54 Å². The summed E-state index contributed by atoms with van der Waals surface area (Å²) in [5, 5.41) is 0. The fourth-order valence-corrected chi connectivity index (χ4v) is 7.90. The lowest BCUT2D eigenvalue weighted by Gasteiger charge is -2.11. The van der Waals surface area contributed by atoms with Gasteiger partial charge >= 0.3 is 0 Å². The SMILES string of the molecule is C(=NCc1ccccc1)c1cccc(-c2cccc(-c3cccc(-c4cccc(-c5cccc(-c6nc(-c7ccccc7)nc(-c7ccc(-c8ccccc8)cc7)n6)c5)c4)c3)c2)c1. The number of aliphatic imine (C=N–C) groups is 1. The first-order valence-electron chi connectivity index (χ1n) is 21.2. The molecule has 298 valence electrons. The maximum absolute atomic E-state index is 5.06. The molecule has 4 nitrogen and oxygen atoms in total. The van der Waals surface area contributed by atoms with Crippen molar-refractivity contribution in [2.75, 3.05) is 0 Å². The molecule has 1 aromatic heterocycles. The molecule has 0 atom stereocenters. The summed E-state index contributed by atoms with van der Waals surface area (Å²) in [7, 11) is 0. The Kier molecular flexibility index (Phi) is 11.2. The van der Waals surface area contributed by atoms with Crippen LogP contribution < -0.4 is 0 Å². The summed E-state index contributed by atoms with van der Waals surface area (Å²) < 4.78 is 0. The lowest BCUT2D eigenvalue weighted by Crippen LogP contribution is -2.00. The number of benzene rings is 9. The van der Waals surface area contributed by atoms with Gasteiger partial charge in [-0.05, 0) is 97.1 Å². The Morgan fingerprint density at radius 2 is 0.587 bits per heavy atom. The number of hydrogen-bond donors (Lipinski definition) is 0. The van der Waals surface area contributed by atoms with E-state index in [4.69, 9.17) is 19.9 Å². The van der Waals surface area contributed by atoms with E-state index in [1.54, 1.807) is 0 Å². The highest BCUT2D eigenvalue weighted by Crippen LogP contribution is 2.34.